The Morgan fingerprint density at radius 1 is 1.57 bits per heavy atom. The molecular formula is C6H6N. The zero-order valence-electron chi connectivity index (χ0n) is 3.96. The standard InChI is InChI=1S/C6H6N/c1-2-4-6-7-5-3-1/h1-3,6H,4H2. The first kappa shape index (κ1) is 4.31. The Kier molecular flexibility index (Phi) is 1.44. The molecule has 7 heavy (non-hydrogen) atoms. The van der Waals surface area contributed by atoms with Crippen molar-refractivity contribution >= 4 is 6.21 Å². The maximum atomic E-state index is 3.78. The lowest BCUT2D eigenvalue weighted by molar-refractivity contribution is 1.47. The summed E-state index contributed by atoms with van der Waals surface area (Å²) >= 11 is 0. The zero-order valence-corrected chi connectivity index (χ0v) is 3.96. The van der Waals surface area contributed by atoms with Gasteiger partial charge in [0, 0.05) is 12.6 Å². The van der Waals surface area contributed by atoms with Crippen molar-refractivity contribution in [1.82, 2.24) is 0 Å². The Labute approximate surface area is 43.1 Å². The van der Waals surface area contributed by atoms with Crippen LogP contribution < -0.4 is 0 Å². The number of hydrogen-bond acceptors (Lipinski definition) is 1. The quantitative estimate of drug-likeness (QED) is 0.427. The molecule has 0 aromatic rings. The SMILES string of the molecule is [C]1=CC=CCC=N1. The molecule has 0 unspecified atom stereocenters. The highest BCUT2D eigenvalue weighted by atomic mass is 14.7. The normalized spacial score (nSPS) is 17.1. The molecular weight excluding hydrogens is 86.1 g/mol. The van der Waals surface area contributed by atoms with Crippen LogP contribution in [0.2, 0.25) is 0 Å². The van der Waals surface area contributed by atoms with Gasteiger partial charge in [0.2, 0.25) is 0 Å². The summed E-state index contributed by atoms with van der Waals surface area (Å²) in [6.07, 6.45) is 11.2. The van der Waals surface area contributed by atoms with Crippen LogP contribution in [0.15, 0.2) is 23.2 Å². The zero-order chi connectivity index (χ0) is 4.95. The molecule has 1 rings (SSSR count). The van der Waals surface area contributed by atoms with Crippen LogP contribution in [0.5, 0.6) is 0 Å². The number of nitrogens with zero attached hydrogens (tertiary/aromatic N) is 1. The third kappa shape index (κ3) is 1.35. The molecule has 0 aliphatic carbocycles. The predicted molar refractivity (Wildman–Crippen MR) is 30.1 cm³/mol. The number of aliphatic imine (C=N–C) groups is 1. The predicted octanol–water partition coefficient (Wildman–Crippen LogP) is 1.33. The Balaban J connectivity index is 2.60. The summed E-state index contributed by atoms with van der Waals surface area (Å²) in [5, 5.41) is 0. The number of allylic oxidation sites excluding steroid dienone is 3. The van der Waals surface area contributed by atoms with Crippen LogP contribution in [0.25, 0.3) is 0 Å². The first-order chi connectivity index (χ1) is 3.50. The molecule has 0 atom stereocenters. The van der Waals surface area contributed by atoms with Crippen molar-refractivity contribution in [2.75, 3.05) is 0 Å². The minimum Gasteiger partial charge on any atom is -0.259 e. The van der Waals surface area contributed by atoms with Crippen LogP contribution in [0.1, 0.15) is 6.42 Å². The van der Waals surface area contributed by atoms with E-state index in [1.165, 1.54) is 0 Å². The van der Waals surface area contributed by atoms with Gasteiger partial charge in [-0.05, 0) is 6.08 Å². The first-order valence-corrected chi connectivity index (χ1v) is 2.25. The van der Waals surface area contributed by atoms with Gasteiger partial charge in [-0.25, -0.2) is 0 Å². The molecule has 1 aliphatic heterocycles. The molecule has 0 saturated carbocycles. The molecule has 35 valence electrons. The van der Waals surface area contributed by atoms with Crippen LogP contribution in [0.4, 0.5) is 0 Å². The summed E-state index contributed by atoms with van der Waals surface area (Å²) in [6, 6.07) is 0. The molecule has 1 heteroatoms. The van der Waals surface area contributed by atoms with Crippen LogP contribution in [0.3, 0.4) is 0 Å². The van der Waals surface area contributed by atoms with E-state index in [9.17, 15) is 0 Å². The highest BCUT2D eigenvalue weighted by Gasteiger charge is 1.72. The average molecular weight is 92.1 g/mol. The number of hydrogen-bond donors (Lipinski definition) is 0. The molecule has 1 aliphatic rings. The maximum Gasteiger partial charge on any atom is 0.0882 e. The summed E-state index contributed by atoms with van der Waals surface area (Å²) in [7, 11) is 0. The van der Waals surface area contributed by atoms with E-state index in [0.29, 0.717) is 0 Å². The van der Waals surface area contributed by atoms with E-state index < -0.39 is 0 Å². The highest BCUT2D eigenvalue weighted by molar-refractivity contribution is 5.60. The van der Waals surface area contributed by atoms with Gasteiger partial charge in [-0.1, -0.05) is 12.2 Å². The van der Waals surface area contributed by atoms with Gasteiger partial charge in [0.1, 0.15) is 0 Å². The lowest BCUT2D eigenvalue weighted by Crippen LogP contribution is -1.61. The molecule has 1 heterocycles. The van der Waals surface area contributed by atoms with Gasteiger partial charge in [-0.3, -0.25) is 4.99 Å². The molecule has 0 spiro atoms. The molecule has 0 saturated heterocycles. The minimum atomic E-state index is 0.934. The van der Waals surface area contributed by atoms with E-state index >= 15 is 0 Å². The van der Waals surface area contributed by atoms with Crippen molar-refractivity contribution in [3.05, 3.63) is 24.4 Å². The fourth-order valence-electron chi connectivity index (χ4n) is 0.399. The van der Waals surface area contributed by atoms with Gasteiger partial charge in [0.05, 0.1) is 6.20 Å². The molecule has 1 radical (unpaired) electrons. The molecule has 1 nitrogen and oxygen atoms in total. The summed E-state index contributed by atoms with van der Waals surface area (Å²) in [5.74, 6) is 0. The molecule has 0 aromatic carbocycles. The van der Waals surface area contributed by atoms with Gasteiger partial charge in [-0.2, -0.15) is 0 Å². The van der Waals surface area contributed by atoms with Crippen LogP contribution >= 0.6 is 0 Å². The Bertz CT molecular complexity index is 106. The van der Waals surface area contributed by atoms with E-state index in [2.05, 4.69) is 11.2 Å². The fraction of sp³-hybridized carbons (Fsp3) is 0.167. The second kappa shape index (κ2) is 2.35. The molecule has 0 N–H and O–H groups in total. The Morgan fingerprint density at radius 3 is 3.57 bits per heavy atom. The van der Waals surface area contributed by atoms with Gasteiger partial charge in [0.25, 0.3) is 0 Å². The molecule has 0 aromatic heterocycles. The van der Waals surface area contributed by atoms with E-state index in [1.807, 2.05) is 18.4 Å². The average Bonchev–Trinajstić information content (AvgIpc) is 1.90. The minimum absolute atomic E-state index is 0.934. The van der Waals surface area contributed by atoms with Crippen molar-refractivity contribution in [3.8, 4) is 0 Å². The van der Waals surface area contributed by atoms with Crippen molar-refractivity contribution in [2.45, 2.75) is 6.42 Å². The smallest absolute Gasteiger partial charge is 0.0882 e. The highest BCUT2D eigenvalue weighted by Crippen LogP contribution is 1.85. The topological polar surface area (TPSA) is 12.4 Å². The largest absolute Gasteiger partial charge is 0.259 e. The van der Waals surface area contributed by atoms with Crippen molar-refractivity contribution in [2.24, 2.45) is 4.99 Å². The third-order valence-electron chi connectivity index (χ3n) is 0.714. The Hall–Kier alpha value is -0.850. The summed E-state index contributed by atoms with van der Waals surface area (Å²) < 4.78 is 0. The first-order valence-electron chi connectivity index (χ1n) is 2.25. The lowest BCUT2D eigenvalue weighted by atomic mass is 10.4. The van der Waals surface area contributed by atoms with Crippen LogP contribution in [-0.2, 0) is 0 Å². The van der Waals surface area contributed by atoms with E-state index in [4.69, 9.17) is 0 Å². The molecule has 0 amide bonds. The second-order valence-corrected chi connectivity index (χ2v) is 1.27. The van der Waals surface area contributed by atoms with E-state index in [-0.39, 0.29) is 0 Å². The fourth-order valence-corrected chi connectivity index (χ4v) is 0.399. The number of rotatable bonds is 0. The monoisotopic (exact) mass is 92.1 g/mol. The van der Waals surface area contributed by atoms with Crippen molar-refractivity contribution in [1.29, 1.82) is 0 Å². The molecule has 0 fully saturated rings. The summed E-state index contributed by atoms with van der Waals surface area (Å²) in [4.78, 5) is 3.78. The van der Waals surface area contributed by atoms with Crippen molar-refractivity contribution in [3.63, 3.8) is 0 Å². The van der Waals surface area contributed by atoms with Crippen molar-refractivity contribution < 1.29 is 0 Å². The molecule has 0 bridgehead atoms. The summed E-state index contributed by atoms with van der Waals surface area (Å²) in [6.45, 7) is 0. The summed E-state index contributed by atoms with van der Waals surface area (Å²) in [5.41, 5.74) is 0. The van der Waals surface area contributed by atoms with Gasteiger partial charge >= 0.3 is 0 Å². The van der Waals surface area contributed by atoms with Crippen LogP contribution in [-0.4, -0.2) is 6.21 Å². The van der Waals surface area contributed by atoms with Crippen LogP contribution in [0, 0.1) is 6.20 Å². The van der Waals surface area contributed by atoms with E-state index in [1.54, 1.807) is 6.08 Å². The maximum absolute atomic E-state index is 3.78. The van der Waals surface area contributed by atoms with Gasteiger partial charge < -0.3 is 0 Å². The van der Waals surface area contributed by atoms with E-state index in [0.717, 1.165) is 6.42 Å². The van der Waals surface area contributed by atoms with Gasteiger partial charge in [0.15, 0.2) is 0 Å². The lowest BCUT2D eigenvalue weighted by Gasteiger charge is -1.68. The van der Waals surface area contributed by atoms with Gasteiger partial charge in [-0.15, -0.1) is 0 Å². The Morgan fingerprint density at radius 2 is 2.57 bits per heavy atom. The second-order valence-electron chi connectivity index (χ2n) is 1.27. The third-order valence-corrected chi connectivity index (χ3v) is 0.714.